The number of rotatable bonds is 7. The summed E-state index contributed by atoms with van der Waals surface area (Å²) >= 11 is 0. The highest BCUT2D eigenvalue weighted by molar-refractivity contribution is 6.16. The molecule has 0 saturated heterocycles. The van der Waals surface area contributed by atoms with Gasteiger partial charge in [-0.15, -0.1) is 0 Å². The van der Waals surface area contributed by atoms with Gasteiger partial charge in [-0.3, -0.25) is 0 Å². The molecule has 0 radical (unpaired) electrons. The van der Waals surface area contributed by atoms with Gasteiger partial charge in [0.2, 0.25) is 0 Å². The van der Waals surface area contributed by atoms with Crippen molar-refractivity contribution in [2.24, 2.45) is 0 Å². The second kappa shape index (κ2) is 13.6. The van der Waals surface area contributed by atoms with Crippen molar-refractivity contribution in [2.45, 2.75) is 24.5 Å². The van der Waals surface area contributed by atoms with Crippen molar-refractivity contribution in [2.75, 3.05) is 4.90 Å². The average Bonchev–Trinajstić information content (AvgIpc) is 3.65. The lowest BCUT2D eigenvalue weighted by atomic mass is 9.93. The van der Waals surface area contributed by atoms with E-state index in [0.29, 0.717) is 0 Å². The zero-order valence-corrected chi connectivity index (χ0v) is 29.8. The first-order valence-electron chi connectivity index (χ1n) is 18.8. The van der Waals surface area contributed by atoms with Crippen LogP contribution in [0.2, 0.25) is 0 Å². The van der Waals surface area contributed by atoms with E-state index in [1.54, 1.807) is 0 Å². The topological polar surface area (TPSA) is 40.4 Å². The Morgan fingerprint density at radius 1 is 0.500 bits per heavy atom. The number of fused-ring (bicyclic) bond motifs is 4. The predicted molar refractivity (Wildman–Crippen MR) is 225 cm³/mol. The summed E-state index contributed by atoms with van der Waals surface area (Å²) in [5.41, 5.74) is 13.2. The van der Waals surface area contributed by atoms with Gasteiger partial charge >= 0.3 is 0 Å². The molecule has 4 heteroatoms. The molecule has 1 aliphatic heterocycles. The molecule has 3 unspecified atom stereocenters. The monoisotopic (exact) mass is 697 g/mol. The molecule has 1 aromatic heterocycles. The van der Waals surface area contributed by atoms with Crippen LogP contribution in [0, 0.1) is 0 Å². The minimum absolute atomic E-state index is 0.136. The molecule has 2 N–H and O–H groups in total. The van der Waals surface area contributed by atoms with Crippen LogP contribution in [0.3, 0.4) is 0 Å². The Balaban J connectivity index is 1.08. The van der Waals surface area contributed by atoms with Crippen LogP contribution in [0.5, 0.6) is 0 Å². The van der Waals surface area contributed by atoms with E-state index in [0.717, 1.165) is 73.4 Å². The third-order valence-electron chi connectivity index (χ3n) is 10.9. The van der Waals surface area contributed by atoms with Crippen molar-refractivity contribution in [3.8, 4) is 22.3 Å². The highest BCUT2D eigenvalue weighted by atomic mass is 16.3. The lowest BCUT2D eigenvalue weighted by Crippen LogP contribution is -2.50. The van der Waals surface area contributed by atoms with Crippen molar-refractivity contribution in [1.29, 1.82) is 0 Å². The van der Waals surface area contributed by atoms with Gasteiger partial charge in [-0.05, 0) is 64.1 Å². The fraction of sp³-hybridized carbons (Fsp3) is 0.0800. The molecule has 0 fully saturated rings. The number of allylic oxidation sites excluding steroid dienone is 4. The van der Waals surface area contributed by atoms with Crippen LogP contribution in [0.1, 0.15) is 17.5 Å². The molecule has 4 nitrogen and oxygen atoms in total. The average molecular weight is 698 g/mol. The van der Waals surface area contributed by atoms with Gasteiger partial charge in [0, 0.05) is 16.5 Å². The second-order valence-electron chi connectivity index (χ2n) is 14.1. The number of nitrogens with zero attached hydrogens (tertiary/aromatic N) is 1. The number of nitrogens with one attached hydrogen (secondary N) is 2. The van der Waals surface area contributed by atoms with Gasteiger partial charge in [0.1, 0.15) is 5.58 Å². The van der Waals surface area contributed by atoms with Crippen LogP contribution in [0.15, 0.2) is 199 Å². The van der Waals surface area contributed by atoms with Gasteiger partial charge in [0.15, 0.2) is 5.58 Å². The first kappa shape index (κ1) is 31.9. The highest BCUT2D eigenvalue weighted by Gasteiger charge is 2.29. The maximum Gasteiger partial charge on any atom is 0.159 e. The molecule has 3 aliphatic rings. The predicted octanol–water partition coefficient (Wildman–Crippen LogP) is 11.8. The number of anilines is 2. The number of furan rings is 1. The van der Waals surface area contributed by atoms with Crippen molar-refractivity contribution in [3.63, 3.8) is 0 Å². The van der Waals surface area contributed by atoms with Gasteiger partial charge in [0.05, 0.1) is 35.2 Å². The van der Waals surface area contributed by atoms with E-state index in [1.807, 2.05) is 0 Å². The van der Waals surface area contributed by atoms with Gasteiger partial charge in [0.25, 0.3) is 0 Å². The van der Waals surface area contributed by atoms with Gasteiger partial charge in [-0.2, -0.15) is 0 Å². The molecule has 7 aromatic rings. The van der Waals surface area contributed by atoms with Crippen molar-refractivity contribution in [1.82, 2.24) is 10.6 Å². The third kappa shape index (κ3) is 5.73. The summed E-state index contributed by atoms with van der Waals surface area (Å²) in [7, 11) is 0. The summed E-state index contributed by atoms with van der Waals surface area (Å²) in [5.74, 6) is 0. The van der Waals surface area contributed by atoms with E-state index >= 15 is 0 Å². The van der Waals surface area contributed by atoms with Gasteiger partial charge in [-0.25, -0.2) is 0 Å². The molecule has 54 heavy (non-hydrogen) atoms. The summed E-state index contributed by atoms with van der Waals surface area (Å²) in [6, 6.07) is 52.5. The third-order valence-corrected chi connectivity index (χ3v) is 10.9. The fourth-order valence-corrected chi connectivity index (χ4v) is 8.20. The summed E-state index contributed by atoms with van der Waals surface area (Å²) in [6.07, 6.45) is 18.4. The van der Waals surface area contributed by atoms with E-state index in [1.165, 1.54) is 11.1 Å². The van der Waals surface area contributed by atoms with Crippen molar-refractivity contribution in [3.05, 3.63) is 205 Å². The molecular weight excluding hydrogens is 659 g/mol. The van der Waals surface area contributed by atoms with Crippen LogP contribution < -0.4 is 15.5 Å². The van der Waals surface area contributed by atoms with E-state index in [9.17, 15) is 0 Å². The molecule has 10 rings (SSSR count). The maximum absolute atomic E-state index is 6.84. The summed E-state index contributed by atoms with van der Waals surface area (Å²) in [6.45, 7) is 0. The van der Waals surface area contributed by atoms with E-state index in [-0.39, 0.29) is 18.1 Å². The first-order chi connectivity index (χ1) is 26.8. The minimum Gasteiger partial charge on any atom is -0.454 e. The first-order valence-corrected chi connectivity index (χ1v) is 18.8. The molecule has 0 saturated carbocycles. The molecule has 2 heterocycles. The Hall–Kier alpha value is -6.78. The molecule has 0 bridgehead atoms. The smallest absolute Gasteiger partial charge is 0.159 e. The van der Waals surface area contributed by atoms with Crippen LogP contribution in [0.25, 0.3) is 55.6 Å². The van der Waals surface area contributed by atoms with E-state index in [2.05, 4.69) is 210 Å². The van der Waals surface area contributed by atoms with E-state index in [4.69, 9.17) is 4.42 Å². The Labute approximate surface area is 315 Å². The SMILES string of the molecule is C1=CCC(N(c2ccc(-c3ccccc3)cc2)c2ccc(-c3ccc(C4=C(c5ccccc5)NC5C=CC=CC5N4)cc3)c3c2oc2ccccc23)C=C1. The van der Waals surface area contributed by atoms with Crippen molar-refractivity contribution >= 4 is 44.7 Å². The van der Waals surface area contributed by atoms with Gasteiger partial charge in [-0.1, -0.05) is 170 Å². The molecule has 3 atom stereocenters. The second-order valence-corrected chi connectivity index (χ2v) is 14.1. The Morgan fingerprint density at radius 2 is 1.07 bits per heavy atom. The normalized spacial score (nSPS) is 18.8. The quantitative estimate of drug-likeness (QED) is 0.174. The van der Waals surface area contributed by atoms with Crippen LogP contribution in [-0.2, 0) is 0 Å². The number of benzene rings is 6. The Morgan fingerprint density at radius 3 is 1.76 bits per heavy atom. The standard InChI is InChI=1S/C50H39N3O/c1-4-14-34(15-5-1)35-28-30-40(31-29-35)53(39-18-8-3-9-19-39)45-33-32-41(47-42-20-10-13-23-46(42)54-50(45)47)36-24-26-38(27-25-36)49-48(37-16-6-2-7-17-37)51-43-21-11-12-22-44(43)52-49/h1-18,20-33,39,43-44,51-52H,19H2. The zero-order chi connectivity index (χ0) is 35.8. The fourth-order valence-electron chi connectivity index (χ4n) is 8.20. The molecule has 2 aliphatic carbocycles. The molecule has 6 aromatic carbocycles. The molecule has 0 amide bonds. The molecule has 260 valence electrons. The lowest BCUT2D eigenvalue weighted by molar-refractivity contribution is 0.555. The number of hydrogen-bond donors (Lipinski definition) is 2. The largest absolute Gasteiger partial charge is 0.454 e. The number of hydrogen-bond acceptors (Lipinski definition) is 4. The van der Waals surface area contributed by atoms with Crippen molar-refractivity contribution < 1.29 is 4.42 Å². The highest BCUT2D eigenvalue weighted by Crippen LogP contribution is 2.45. The molecule has 0 spiro atoms. The zero-order valence-electron chi connectivity index (χ0n) is 29.8. The van der Waals surface area contributed by atoms with Crippen LogP contribution >= 0.6 is 0 Å². The lowest BCUT2D eigenvalue weighted by Gasteiger charge is -2.36. The van der Waals surface area contributed by atoms with Gasteiger partial charge < -0.3 is 20.0 Å². The molecular formula is C50H39N3O. The summed E-state index contributed by atoms with van der Waals surface area (Å²) in [5, 5.41) is 9.92. The Bertz CT molecular complexity index is 2630. The van der Waals surface area contributed by atoms with Crippen LogP contribution in [-0.4, -0.2) is 18.1 Å². The van der Waals surface area contributed by atoms with Crippen LogP contribution in [0.4, 0.5) is 11.4 Å². The summed E-state index contributed by atoms with van der Waals surface area (Å²) < 4.78 is 6.84. The minimum atomic E-state index is 0.136. The van der Waals surface area contributed by atoms with E-state index < -0.39 is 0 Å². The Kier molecular flexibility index (Phi) is 8.07. The summed E-state index contributed by atoms with van der Waals surface area (Å²) in [4.78, 5) is 2.44. The maximum atomic E-state index is 6.84. The number of para-hydroxylation sites is 1.